The van der Waals surface area contributed by atoms with Gasteiger partial charge in [-0.2, -0.15) is 0 Å². The number of ether oxygens (including phenoxy) is 3. The molecular weight excluding hydrogens is 763 g/mol. The van der Waals surface area contributed by atoms with Gasteiger partial charge in [0, 0.05) is 24.8 Å². The SMILES string of the molecule is CC1(C)Oc2ccc([C@H](O/N=C(\C(=O)O)c3csc(NC(c4ccccc4)(c4ccccc4)c4ccccc4)n3)C(=O)OC(c3ccccc3)c3ccccc3)cc2O1. The third-order valence-electron chi connectivity index (χ3n) is 9.75. The summed E-state index contributed by atoms with van der Waals surface area (Å²) >= 11 is 1.22. The van der Waals surface area contributed by atoms with E-state index in [1.165, 1.54) is 11.3 Å². The molecular formula is C48H39N3O7S. The average molecular weight is 802 g/mol. The Kier molecular flexibility index (Phi) is 10.9. The summed E-state index contributed by atoms with van der Waals surface area (Å²) in [6.07, 6.45) is -2.33. The van der Waals surface area contributed by atoms with Gasteiger partial charge in [0.2, 0.25) is 17.6 Å². The Balaban J connectivity index is 1.16. The lowest BCUT2D eigenvalue weighted by Gasteiger charge is -2.36. The van der Waals surface area contributed by atoms with E-state index in [0.29, 0.717) is 22.2 Å². The van der Waals surface area contributed by atoms with E-state index in [1.807, 2.05) is 152 Å². The van der Waals surface area contributed by atoms with Gasteiger partial charge in [-0.1, -0.05) is 163 Å². The number of carboxylic acid groups (broad SMARTS) is 1. The first-order valence-electron chi connectivity index (χ1n) is 18.9. The van der Waals surface area contributed by atoms with Crippen LogP contribution < -0.4 is 14.8 Å². The number of hydrogen-bond donors (Lipinski definition) is 2. The summed E-state index contributed by atoms with van der Waals surface area (Å²) in [6, 6.07) is 53.5. The predicted molar refractivity (Wildman–Crippen MR) is 226 cm³/mol. The minimum absolute atomic E-state index is 0.0269. The van der Waals surface area contributed by atoms with Crippen LogP contribution in [0.4, 0.5) is 5.13 Å². The zero-order valence-corrected chi connectivity index (χ0v) is 32.9. The predicted octanol–water partition coefficient (Wildman–Crippen LogP) is 9.93. The summed E-state index contributed by atoms with van der Waals surface area (Å²) in [4.78, 5) is 38.0. The number of esters is 1. The Morgan fingerprint density at radius 2 is 1.19 bits per heavy atom. The number of benzene rings is 6. The van der Waals surface area contributed by atoms with Gasteiger partial charge in [-0.25, -0.2) is 14.6 Å². The lowest BCUT2D eigenvalue weighted by Crippen LogP contribution is -2.38. The van der Waals surface area contributed by atoms with Gasteiger partial charge in [-0.3, -0.25) is 0 Å². The van der Waals surface area contributed by atoms with Crippen molar-refractivity contribution in [3.05, 3.63) is 214 Å². The second kappa shape index (κ2) is 16.7. The van der Waals surface area contributed by atoms with Crippen molar-refractivity contribution in [3.63, 3.8) is 0 Å². The van der Waals surface area contributed by atoms with E-state index >= 15 is 0 Å². The topological polar surface area (TPSA) is 129 Å². The molecule has 1 aromatic heterocycles. The number of thiazole rings is 1. The minimum atomic E-state index is -1.52. The Bertz CT molecular complexity index is 2430. The Morgan fingerprint density at radius 1 is 0.695 bits per heavy atom. The number of anilines is 1. The molecule has 2 heterocycles. The van der Waals surface area contributed by atoms with Gasteiger partial charge in [-0.05, 0) is 39.9 Å². The summed E-state index contributed by atoms with van der Waals surface area (Å²) in [6.45, 7) is 3.53. The lowest BCUT2D eigenvalue weighted by atomic mass is 9.77. The third kappa shape index (κ3) is 8.28. The fourth-order valence-corrected chi connectivity index (χ4v) is 7.84. The van der Waals surface area contributed by atoms with Gasteiger partial charge in [0.05, 0.1) is 0 Å². The normalized spacial score (nSPS) is 13.7. The van der Waals surface area contributed by atoms with Gasteiger partial charge in [0.25, 0.3) is 0 Å². The second-order valence-electron chi connectivity index (χ2n) is 14.2. The van der Waals surface area contributed by atoms with E-state index in [9.17, 15) is 14.7 Å². The molecule has 0 spiro atoms. The van der Waals surface area contributed by atoms with Crippen molar-refractivity contribution in [2.45, 2.75) is 37.4 Å². The Labute approximate surface area is 345 Å². The van der Waals surface area contributed by atoms with E-state index in [0.717, 1.165) is 27.8 Å². The number of rotatable bonds is 14. The highest BCUT2D eigenvalue weighted by molar-refractivity contribution is 7.14. The smallest absolute Gasteiger partial charge is 0.360 e. The van der Waals surface area contributed by atoms with Crippen molar-refractivity contribution in [1.82, 2.24) is 4.98 Å². The van der Waals surface area contributed by atoms with Crippen LogP contribution in [-0.2, 0) is 24.7 Å². The molecule has 6 aromatic carbocycles. The van der Waals surface area contributed by atoms with Crippen LogP contribution in [0.15, 0.2) is 180 Å². The quantitative estimate of drug-likeness (QED) is 0.0478. The van der Waals surface area contributed by atoms with Crippen LogP contribution in [0.1, 0.15) is 65.1 Å². The largest absolute Gasteiger partial charge is 0.476 e. The van der Waals surface area contributed by atoms with Crippen LogP contribution in [0.5, 0.6) is 11.5 Å². The van der Waals surface area contributed by atoms with Crippen molar-refractivity contribution in [1.29, 1.82) is 0 Å². The molecule has 10 nitrogen and oxygen atoms in total. The first-order chi connectivity index (χ1) is 28.7. The zero-order valence-electron chi connectivity index (χ0n) is 32.1. The maximum atomic E-state index is 14.4. The molecule has 8 rings (SSSR count). The number of aromatic nitrogens is 1. The minimum Gasteiger partial charge on any atom is -0.476 e. The molecule has 1 atom stereocenters. The molecule has 2 N–H and O–H groups in total. The average Bonchev–Trinajstić information content (AvgIpc) is 3.86. The fraction of sp³-hybridized carbons (Fsp3) is 0.125. The van der Waals surface area contributed by atoms with Crippen LogP contribution in [-0.4, -0.2) is 33.5 Å². The van der Waals surface area contributed by atoms with Gasteiger partial charge in [0.1, 0.15) is 11.2 Å². The lowest BCUT2D eigenvalue weighted by molar-refractivity contribution is -0.162. The van der Waals surface area contributed by atoms with Crippen LogP contribution in [0.2, 0.25) is 0 Å². The molecule has 0 radical (unpaired) electrons. The summed E-state index contributed by atoms with van der Waals surface area (Å²) in [5.74, 6) is -2.30. The van der Waals surface area contributed by atoms with Crippen molar-refractivity contribution in [2.75, 3.05) is 5.32 Å². The molecule has 59 heavy (non-hydrogen) atoms. The van der Waals surface area contributed by atoms with Crippen molar-refractivity contribution in [2.24, 2.45) is 5.16 Å². The summed E-state index contributed by atoms with van der Waals surface area (Å²) in [5.41, 5.74) is 3.21. The van der Waals surface area contributed by atoms with Crippen molar-refractivity contribution < 1.29 is 33.7 Å². The molecule has 0 amide bonds. The Hall–Kier alpha value is -7.24. The maximum Gasteiger partial charge on any atom is 0.360 e. The summed E-state index contributed by atoms with van der Waals surface area (Å²) in [7, 11) is 0. The van der Waals surface area contributed by atoms with Crippen molar-refractivity contribution >= 4 is 34.1 Å². The standard InChI is InChI=1S/C48H39N3O7S/c1-47(2)56-39-29-28-34(30-40(39)57-47)43(45(54)55-42(32-18-8-3-9-19-32)33-20-10-4-11-21-33)58-51-41(44(52)53)38-31-59-46(49-38)50-48(35-22-12-5-13-23-35,36-24-14-6-15-25-36)37-26-16-7-17-27-37/h3-31,42-43H,1-2H3,(H,49,50)(H,52,53)/b51-41-/t43-/m0/s1. The first-order valence-corrected chi connectivity index (χ1v) is 19.8. The maximum absolute atomic E-state index is 14.4. The van der Waals surface area contributed by atoms with E-state index in [2.05, 4.69) is 10.5 Å². The van der Waals surface area contributed by atoms with Gasteiger partial charge in [-0.15, -0.1) is 11.3 Å². The van der Waals surface area contributed by atoms with E-state index in [1.54, 1.807) is 37.4 Å². The van der Waals surface area contributed by atoms with Crippen LogP contribution in [0.25, 0.3) is 0 Å². The van der Waals surface area contributed by atoms with Crippen LogP contribution >= 0.6 is 11.3 Å². The molecule has 1 aliphatic rings. The molecule has 0 saturated carbocycles. The van der Waals surface area contributed by atoms with Gasteiger partial charge >= 0.3 is 11.9 Å². The van der Waals surface area contributed by atoms with E-state index < -0.39 is 41.2 Å². The van der Waals surface area contributed by atoms with Gasteiger partial charge in [0.15, 0.2) is 22.7 Å². The van der Waals surface area contributed by atoms with Crippen LogP contribution in [0, 0.1) is 0 Å². The zero-order chi connectivity index (χ0) is 40.8. The molecule has 0 bridgehead atoms. The number of nitrogens with zero attached hydrogens (tertiary/aromatic N) is 2. The highest BCUT2D eigenvalue weighted by atomic mass is 32.1. The number of aliphatic carboxylic acids is 1. The molecule has 7 aromatic rings. The van der Waals surface area contributed by atoms with E-state index in [4.69, 9.17) is 24.0 Å². The molecule has 0 fully saturated rings. The fourth-order valence-electron chi connectivity index (χ4n) is 7.09. The van der Waals surface area contributed by atoms with Gasteiger partial charge < -0.3 is 29.5 Å². The number of carboxylic acids is 1. The monoisotopic (exact) mass is 801 g/mol. The number of carbonyl (C=O) groups is 2. The number of nitrogens with one attached hydrogen (secondary N) is 1. The summed E-state index contributed by atoms with van der Waals surface area (Å²) < 4.78 is 18.1. The molecule has 0 unspecified atom stereocenters. The highest BCUT2D eigenvalue weighted by Gasteiger charge is 2.38. The molecule has 0 aliphatic carbocycles. The molecule has 294 valence electrons. The Morgan fingerprint density at radius 3 is 1.69 bits per heavy atom. The molecule has 1 aliphatic heterocycles. The van der Waals surface area contributed by atoms with E-state index in [-0.39, 0.29) is 5.69 Å². The van der Waals surface area contributed by atoms with Crippen LogP contribution in [0.3, 0.4) is 0 Å². The summed E-state index contributed by atoms with van der Waals surface area (Å²) in [5, 5.41) is 20.3. The molecule has 11 heteroatoms. The number of hydrogen-bond acceptors (Lipinski definition) is 10. The third-order valence-corrected chi connectivity index (χ3v) is 10.5. The number of fused-ring (bicyclic) bond motifs is 1. The second-order valence-corrected chi connectivity index (χ2v) is 15.0. The highest BCUT2D eigenvalue weighted by Crippen LogP contribution is 2.43. The number of oxime groups is 1. The number of carbonyl (C=O) groups excluding carboxylic acids is 1. The van der Waals surface area contributed by atoms with Crippen molar-refractivity contribution in [3.8, 4) is 11.5 Å². The first kappa shape index (κ1) is 38.6. The molecule has 0 saturated heterocycles.